The topological polar surface area (TPSA) is 44.8 Å². The van der Waals surface area contributed by atoms with E-state index in [9.17, 15) is 4.79 Å². The minimum atomic E-state index is -0.290. The molecule has 2 aromatic rings. The summed E-state index contributed by atoms with van der Waals surface area (Å²) in [5, 5.41) is 3.06. The molecule has 1 aliphatic rings. The third kappa shape index (κ3) is 4.42. The molecule has 0 radical (unpaired) electrons. The van der Waals surface area contributed by atoms with E-state index >= 15 is 0 Å². The molecule has 1 amide bonds. The summed E-state index contributed by atoms with van der Waals surface area (Å²) in [5.41, 5.74) is 1.78. The smallest absolute Gasteiger partial charge is 0.246 e. The molecule has 2 aromatic carbocycles. The van der Waals surface area contributed by atoms with E-state index in [1.807, 2.05) is 54.6 Å². The molecular formula is C21H27N3O2. The molecule has 5 nitrogen and oxygen atoms in total. The van der Waals surface area contributed by atoms with Crippen LogP contribution in [0.15, 0.2) is 54.6 Å². The molecular weight excluding hydrogens is 326 g/mol. The summed E-state index contributed by atoms with van der Waals surface area (Å²) in [7, 11) is 1.63. The van der Waals surface area contributed by atoms with Crippen LogP contribution in [0, 0.1) is 0 Å². The predicted molar refractivity (Wildman–Crippen MR) is 104 cm³/mol. The summed E-state index contributed by atoms with van der Waals surface area (Å²) in [6.45, 7) is 7.00. The van der Waals surface area contributed by atoms with Gasteiger partial charge < -0.3 is 15.0 Å². The summed E-state index contributed by atoms with van der Waals surface area (Å²) in [6, 6.07) is 17.2. The minimum absolute atomic E-state index is 0.00518. The van der Waals surface area contributed by atoms with Crippen LogP contribution < -0.4 is 10.1 Å². The van der Waals surface area contributed by atoms with Crippen LogP contribution >= 0.6 is 0 Å². The molecule has 0 aliphatic carbocycles. The molecule has 0 saturated carbocycles. The monoisotopic (exact) mass is 353 g/mol. The number of rotatable bonds is 6. The molecule has 1 N–H and O–H groups in total. The number of ether oxygens (including phenoxy) is 1. The van der Waals surface area contributed by atoms with Gasteiger partial charge in [-0.3, -0.25) is 9.69 Å². The number of carbonyl (C=O) groups excluding carboxylic acids is 1. The lowest BCUT2D eigenvalue weighted by atomic mass is 10.0. The molecule has 0 spiro atoms. The van der Waals surface area contributed by atoms with Crippen LogP contribution in [0.3, 0.4) is 0 Å². The zero-order chi connectivity index (χ0) is 18.4. The number of benzene rings is 2. The van der Waals surface area contributed by atoms with Gasteiger partial charge in [-0.2, -0.15) is 0 Å². The van der Waals surface area contributed by atoms with Crippen LogP contribution in [0.25, 0.3) is 0 Å². The van der Waals surface area contributed by atoms with Crippen LogP contribution in [0.2, 0.25) is 0 Å². The second kappa shape index (κ2) is 8.83. The van der Waals surface area contributed by atoms with Gasteiger partial charge in [-0.15, -0.1) is 0 Å². The molecule has 1 heterocycles. The van der Waals surface area contributed by atoms with Crippen molar-refractivity contribution in [3.63, 3.8) is 0 Å². The summed E-state index contributed by atoms with van der Waals surface area (Å²) < 4.78 is 5.25. The molecule has 138 valence electrons. The molecule has 26 heavy (non-hydrogen) atoms. The van der Waals surface area contributed by atoms with Crippen molar-refractivity contribution in [2.24, 2.45) is 0 Å². The standard InChI is InChI=1S/C21H27N3O2/c1-3-23-12-14-24(15-13-23)20(17-8-5-4-6-9-17)21(25)22-18-10-7-11-19(16-18)26-2/h4-11,16,20H,3,12-15H2,1-2H3,(H,22,25)/t20-/m1/s1. The molecule has 1 saturated heterocycles. The SMILES string of the molecule is CCN1CCN([C@@H](C(=O)Nc2cccc(OC)c2)c2ccccc2)CC1. The lowest BCUT2D eigenvalue weighted by Gasteiger charge is -2.38. The third-order valence-electron chi connectivity index (χ3n) is 4.92. The second-order valence-corrected chi connectivity index (χ2v) is 6.50. The summed E-state index contributed by atoms with van der Waals surface area (Å²) >= 11 is 0. The number of amides is 1. The molecule has 3 rings (SSSR count). The van der Waals surface area contributed by atoms with Crippen molar-refractivity contribution in [3.05, 3.63) is 60.2 Å². The Kier molecular flexibility index (Phi) is 6.26. The number of piperazine rings is 1. The van der Waals surface area contributed by atoms with E-state index in [1.165, 1.54) is 0 Å². The Morgan fingerprint density at radius 3 is 2.46 bits per heavy atom. The summed E-state index contributed by atoms with van der Waals surface area (Å²) in [6.07, 6.45) is 0. The Bertz CT molecular complexity index is 712. The quantitative estimate of drug-likeness (QED) is 0.867. The minimum Gasteiger partial charge on any atom is -0.497 e. The summed E-state index contributed by atoms with van der Waals surface area (Å²) in [4.78, 5) is 17.8. The van der Waals surface area contributed by atoms with E-state index in [0.29, 0.717) is 0 Å². The molecule has 0 unspecified atom stereocenters. The van der Waals surface area contributed by atoms with Gasteiger partial charge in [0.25, 0.3) is 0 Å². The lowest BCUT2D eigenvalue weighted by Crippen LogP contribution is -2.49. The molecule has 1 fully saturated rings. The number of methoxy groups -OCH3 is 1. The van der Waals surface area contributed by atoms with Crippen molar-refractivity contribution in [1.29, 1.82) is 0 Å². The van der Waals surface area contributed by atoms with Gasteiger partial charge in [0.2, 0.25) is 5.91 Å². The molecule has 1 atom stereocenters. The summed E-state index contributed by atoms with van der Waals surface area (Å²) in [5.74, 6) is 0.727. The van der Waals surface area contributed by atoms with Crippen molar-refractivity contribution in [2.75, 3.05) is 45.2 Å². The molecule has 1 aliphatic heterocycles. The van der Waals surface area contributed by atoms with Gasteiger partial charge in [-0.05, 0) is 24.2 Å². The number of nitrogens with one attached hydrogen (secondary N) is 1. The number of carbonyl (C=O) groups is 1. The fraction of sp³-hybridized carbons (Fsp3) is 0.381. The fourth-order valence-corrected chi connectivity index (χ4v) is 3.41. The van der Waals surface area contributed by atoms with E-state index < -0.39 is 0 Å². The van der Waals surface area contributed by atoms with E-state index in [4.69, 9.17) is 4.74 Å². The maximum Gasteiger partial charge on any atom is 0.246 e. The molecule has 0 aromatic heterocycles. The Labute approximate surface area is 155 Å². The van der Waals surface area contributed by atoms with Crippen molar-refractivity contribution >= 4 is 11.6 Å². The first-order chi connectivity index (χ1) is 12.7. The van der Waals surface area contributed by atoms with Crippen LogP contribution in [0.1, 0.15) is 18.5 Å². The Morgan fingerprint density at radius 2 is 1.81 bits per heavy atom. The van der Waals surface area contributed by atoms with Gasteiger partial charge >= 0.3 is 0 Å². The average molecular weight is 353 g/mol. The Hall–Kier alpha value is -2.37. The van der Waals surface area contributed by atoms with Crippen LogP contribution in [-0.2, 0) is 4.79 Å². The van der Waals surface area contributed by atoms with Gasteiger partial charge in [-0.1, -0.05) is 43.3 Å². The highest BCUT2D eigenvalue weighted by Gasteiger charge is 2.30. The zero-order valence-corrected chi connectivity index (χ0v) is 15.5. The number of hydrogen-bond donors (Lipinski definition) is 1. The second-order valence-electron chi connectivity index (χ2n) is 6.50. The number of likely N-dealkylation sites (N-methyl/N-ethyl adjacent to an activating group) is 1. The van der Waals surface area contributed by atoms with E-state index in [-0.39, 0.29) is 11.9 Å². The maximum atomic E-state index is 13.2. The van der Waals surface area contributed by atoms with Crippen LogP contribution in [0.4, 0.5) is 5.69 Å². The van der Waals surface area contributed by atoms with Crippen molar-refractivity contribution < 1.29 is 9.53 Å². The fourth-order valence-electron chi connectivity index (χ4n) is 3.41. The molecule has 5 heteroatoms. The Morgan fingerprint density at radius 1 is 1.08 bits per heavy atom. The maximum absolute atomic E-state index is 13.2. The predicted octanol–water partition coefficient (Wildman–Crippen LogP) is 3.01. The number of anilines is 1. The zero-order valence-electron chi connectivity index (χ0n) is 15.5. The van der Waals surface area contributed by atoms with Crippen molar-refractivity contribution in [2.45, 2.75) is 13.0 Å². The first kappa shape index (κ1) is 18.4. The van der Waals surface area contributed by atoms with Crippen LogP contribution in [-0.4, -0.2) is 55.5 Å². The van der Waals surface area contributed by atoms with Crippen molar-refractivity contribution in [1.82, 2.24) is 9.80 Å². The first-order valence-electron chi connectivity index (χ1n) is 9.17. The number of hydrogen-bond acceptors (Lipinski definition) is 4. The normalized spacial score (nSPS) is 16.8. The van der Waals surface area contributed by atoms with E-state index in [0.717, 1.165) is 49.7 Å². The highest BCUT2D eigenvalue weighted by molar-refractivity contribution is 5.95. The van der Waals surface area contributed by atoms with Crippen molar-refractivity contribution in [3.8, 4) is 5.75 Å². The van der Waals surface area contributed by atoms with Gasteiger partial charge in [0.15, 0.2) is 0 Å². The highest BCUT2D eigenvalue weighted by Crippen LogP contribution is 2.25. The van der Waals surface area contributed by atoms with Gasteiger partial charge in [0, 0.05) is 37.9 Å². The van der Waals surface area contributed by atoms with Crippen LogP contribution in [0.5, 0.6) is 5.75 Å². The van der Waals surface area contributed by atoms with Gasteiger partial charge in [-0.25, -0.2) is 0 Å². The molecule has 0 bridgehead atoms. The number of nitrogens with zero attached hydrogens (tertiary/aromatic N) is 2. The third-order valence-corrected chi connectivity index (χ3v) is 4.92. The van der Waals surface area contributed by atoms with E-state index in [2.05, 4.69) is 22.0 Å². The van der Waals surface area contributed by atoms with E-state index in [1.54, 1.807) is 7.11 Å². The first-order valence-corrected chi connectivity index (χ1v) is 9.17. The largest absolute Gasteiger partial charge is 0.497 e. The average Bonchev–Trinajstić information content (AvgIpc) is 2.69. The van der Waals surface area contributed by atoms with Gasteiger partial charge in [0.05, 0.1) is 7.11 Å². The lowest BCUT2D eigenvalue weighted by molar-refractivity contribution is -0.122. The van der Waals surface area contributed by atoms with Gasteiger partial charge in [0.1, 0.15) is 11.8 Å². The Balaban J connectivity index is 1.80. The highest BCUT2D eigenvalue weighted by atomic mass is 16.5.